The summed E-state index contributed by atoms with van der Waals surface area (Å²) in [6.07, 6.45) is 1.85. The van der Waals surface area contributed by atoms with Crippen LogP contribution in [0.1, 0.15) is 26.7 Å². The van der Waals surface area contributed by atoms with E-state index in [2.05, 4.69) is 24.2 Å². The van der Waals surface area contributed by atoms with Gasteiger partial charge in [0, 0.05) is 26.1 Å². The van der Waals surface area contributed by atoms with E-state index in [0.29, 0.717) is 6.42 Å². The van der Waals surface area contributed by atoms with Gasteiger partial charge in [-0.3, -0.25) is 4.79 Å². The van der Waals surface area contributed by atoms with Crippen molar-refractivity contribution in [3.8, 4) is 0 Å². The van der Waals surface area contributed by atoms with Crippen LogP contribution < -0.4 is 5.32 Å². The molecule has 0 saturated heterocycles. The van der Waals surface area contributed by atoms with Crippen LogP contribution in [0.4, 0.5) is 0 Å². The minimum atomic E-state index is 0.272. The molecule has 0 heterocycles. The second-order valence-corrected chi connectivity index (χ2v) is 3.51. The third-order valence-corrected chi connectivity index (χ3v) is 1.94. The molecule has 0 saturated carbocycles. The minimum Gasteiger partial charge on any atom is -0.315 e. The molecule has 0 bridgehead atoms. The molecule has 0 aliphatic heterocycles. The third-order valence-electron chi connectivity index (χ3n) is 1.94. The van der Waals surface area contributed by atoms with Crippen LogP contribution in [0.25, 0.3) is 0 Å². The summed E-state index contributed by atoms with van der Waals surface area (Å²) in [7, 11) is 2.05. The highest BCUT2D eigenvalue weighted by Crippen LogP contribution is 1.87. The van der Waals surface area contributed by atoms with Crippen molar-refractivity contribution in [3.63, 3.8) is 0 Å². The number of Topliss-reactive ketones (excluding diaryl/α,β-unsaturated/α-hetero) is 1. The molecule has 0 aromatic heterocycles. The van der Waals surface area contributed by atoms with Gasteiger partial charge in [-0.25, -0.2) is 0 Å². The van der Waals surface area contributed by atoms with E-state index in [4.69, 9.17) is 0 Å². The van der Waals surface area contributed by atoms with Gasteiger partial charge in [-0.1, -0.05) is 6.92 Å². The first-order valence-corrected chi connectivity index (χ1v) is 5.05. The van der Waals surface area contributed by atoms with Gasteiger partial charge in [-0.05, 0) is 26.9 Å². The van der Waals surface area contributed by atoms with Gasteiger partial charge in [-0.15, -0.1) is 0 Å². The largest absolute Gasteiger partial charge is 0.315 e. The SMILES string of the molecule is CCCNCCN(C)CCC(C)=O. The molecule has 0 unspecified atom stereocenters. The molecule has 0 aromatic carbocycles. The fourth-order valence-corrected chi connectivity index (χ4v) is 1.03. The number of nitrogens with one attached hydrogen (secondary N) is 1. The molecule has 3 heteroatoms. The zero-order valence-electron chi connectivity index (χ0n) is 9.10. The lowest BCUT2D eigenvalue weighted by atomic mass is 10.3. The Morgan fingerprint density at radius 2 is 2.00 bits per heavy atom. The quantitative estimate of drug-likeness (QED) is 0.572. The number of carbonyl (C=O) groups is 1. The summed E-state index contributed by atoms with van der Waals surface area (Å²) in [5.74, 6) is 0.272. The van der Waals surface area contributed by atoms with Crippen LogP contribution in [0.5, 0.6) is 0 Å². The van der Waals surface area contributed by atoms with E-state index in [-0.39, 0.29) is 5.78 Å². The maximum atomic E-state index is 10.7. The molecule has 3 nitrogen and oxygen atoms in total. The molecule has 0 aliphatic rings. The van der Waals surface area contributed by atoms with E-state index in [9.17, 15) is 4.79 Å². The number of nitrogens with zero attached hydrogens (tertiary/aromatic N) is 1. The van der Waals surface area contributed by atoms with Crippen molar-refractivity contribution < 1.29 is 4.79 Å². The van der Waals surface area contributed by atoms with Crippen molar-refractivity contribution in [3.05, 3.63) is 0 Å². The highest BCUT2D eigenvalue weighted by molar-refractivity contribution is 5.75. The number of likely N-dealkylation sites (N-methyl/N-ethyl adjacent to an activating group) is 1. The Bertz CT molecular complexity index is 137. The Morgan fingerprint density at radius 1 is 1.31 bits per heavy atom. The number of rotatable bonds is 8. The van der Waals surface area contributed by atoms with Crippen molar-refractivity contribution >= 4 is 5.78 Å². The maximum Gasteiger partial charge on any atom is 0.131 e. The van der Waals surface area contributed by atoms with E-state index >= 15 is 0 Å². The molecule has 0 spiro atoms. The third kappa shape index (κ3) is 9.50. The van der Waals surface area contributed by atoms with Crippen LogP contribution in [-0.2, 0) is 4.79 Å². The average Bonchev–Trinajstić information content (AvgIpc) is 2.09. The van der Waals surface area contributed by atoms with Crippen molar-refractivity contribution in [1.29, 1.82) is 0 Å². The normalized spacial score (nSPS) is 10.8. The van der Waals surface area contributed by atoms with Crippen molar-refractivity contribution in [2.75, 3.05) is 33.2 Å². The van der Waals surface area contributed by atoms with Gasteiger partial charge in [-0.2, -0.15) is 0 Å². The first kappa shape index (κ1) is 12.6. The van der Waals surface area contributed by atoms with Crippen LogP contribution in [0.2, 0.25) is 0 Å². The number of carbonyl (C=O) groups excluding carboxylic acids is 1. The summed E-state index contributed by atoms with van der Waals surface area (Å²) < 4.78 is 0. The van der Waals surface area contributed by atoms with Gasteiger partial charge in [0.2, 0.25) is 0 Å². The van der Waals surface area contributed by atoms with Crippen LogP contribution >= 0.6 is 0 Å². The summed E-state index contributed by atoms with van der Waals surface area (Å²) in [6, 6.07) is 0. The van der Waals surface area contributed by atoms with Crippen molar-refractivity contribution in [2.24, 2.45) is 0 Å². The number of ketones is 1. The Morgan fingerprint density at radius 3 is 2.54 bits per heavy atom. The van der Waals surface area contributed by atoms with Crippen LogP contribution in [0, 0.1) is 0 Å². The first-order valence-electron chi connectivity index (χ1n) is 5.05. The van der Waals surface area contributed by atoms with E-state index in [1.165, 1.54) is 6.42 Å². The Balaban J connectivity index is 3.19. The molecule has 13 heavy (non-hydrogen) atoms. The van der Waals surface area contributed by atoms with Crippen LogP contribution in [0.15, 0.2) is 0 Å². The lowest BCUT2D eigenvalue weighted by molar-refractivity contribution is -0.117. The van der Waals surface area contributed by atoms with Gasteiger partial charge in [0.05, 0.1) is 0 Å². The monoisotopic (exact) mass is 186 g/mol. The van der Waals surface area contributed by atoms with E-state index < -0.39 is 0 Å². The summed E-state index contributed by atoms with van der Waals surface area (Å²) in [6.45, 7) is 7.80. The zero-order chi connectivity index (χ0) is 10.1. The fourth-order valence-electron chi connectivity index (χ4n) is 1.03. The molecule has 0 aliphatic carbocycles. The van der Waals surface area contributed by atoms with Gasteiger partial charge in [0.1, 0.15) is 5.78 Å². The van der Waals surface area contributed by atoms with Crippen molar-refractivity contribution in [1.82, 2.24) is 10.2 Å². The molecule has 0 aromatic rings. The molecule has 0 rings (SSSR count). The van der Waals surface area contributed by atoms with Gasteiger partial charge < -0.3 is 10.2 Å². The Kier molecular flexibility index (Phi) is 7.94. The molecule has 1 N–H and O–H groups in total. The molecule has 0 radical (unpaired) electrons. The maximum absolute atomic E-state index is 10.7. The van der Waals surface area contributed by atoms with Crippen LogP contribution in [0.3, 0.4) is 0 Å². The lowest BCUT2D eigenvalue weighted by Gasteiger charge is -2.15. The van der Waals surface area contributed by atoms with E-state index in [1.54, 1.807) is 6.92 Å². The molecule has 0 fully saturated rings. The Labute approximate surface area is 81.5 Å². The first-order chi connectivity index (χ1) is 6.16. The average molecular weight is 186 g/mol. The molecule has 0 amide bonds. The van der Waals surface area contributed by atoms with Crippen LogP contribution in [-0.4, -0.2) is 43.9 Å². The zero-order valence-corrected chi connectivity index (χ0v) is 9.10. The van der Waals surface area contributed by atoms with E-state index in [0.717, 1.165) is 26.2 Å². The smallest absolute Gasteiger partial charge is 0.131 e. The van der Waals surface area contributed by atoms with Gasteiger partial charge >= 0.3 is 0 Å². The summed E-state index contributed by atoms with van der Waals surface area (Å²) >= 11 is 0. The second kappa shape index (κ2) is 8.20. The molecular weight excluding hydrogens is 164 g/mol. The standard InChI is InChI=1S/C10H22N2O/c1-4-6-11-7-9-12(3)8-5-10(2)13/h11H,4-9H2,1-3H3. The summed E-state index contributed by atoms with van der Waals surface area (Å²) in [5.41, 5.74) is 0. The molecule has 78 valence electrons. The highest BCUT2D eigenvalue weighted by atomic mass is 16.1. The van der Waals surface area contributed by atoms with E-state index in [1.807, 2.05) is 0 Å². The predicted molar refractivity (Wildman–Crippen MR) is 56.0 cm³/mol. The lowest BCUT2D eigenvalue weighted by Crippen LogP contribution is -2.30. The topological polar surface area (TPSA) is 32.3 Å². The molecular formula is C10H22N2O. The molecule has 0 atom stereocenters. The summed E-state index contributed by atoms with van der Waals surface area (Å²) in [4.78, 5) is 12.9. The Hall–Kier alpha value is -0.410. The minimum absolute atomic E-state index is 0.272. The number of hydrogen-bond donors (Lipinski definition) is 1. The highest BCUT2D eigenvalue weighted by Gasteiger charge is 1.99. The predicted octanol–water partition coefficient (Wildman–Crippen LogP) is 0.897. The second-order valence-electron chi connectivity index (χ2n) is 3.51. The fraction of sp³-hybridized carbons (Fsp3) is 0.900. The van der Waals surface area contributed by atoms with Gasteiger partial charge in [0.25, 0.3) is 0 Å². The summed E-state index contributed by atoms with van der Waals surface area (Å²) in [5, 5.41) is 3.33. The van der Waals surface area contributed by atoms with Gasteiger partial charge in [0.15, 0.2) is 0 Å². The van der Waals surface area contributed by atoms with Crippen molar-refractivity contribution in [2.45, 2.75) is 26.7 Å². The number of hydrogen-bond acceptors (Lipinski definition) is 3.